The summed E-state index contributed by atoms with van der Waals surface area (Å²) in [4.78, 5) is 20.5. The summed E-state index contributed by atoms with van der Waals surface area (Å²) in [5, 5.41) is 10.6. The van der Waals surface area contributed by atoms with Crippen LogP contribution in [0.25, 0.3) is 0 Å². The standard InChI is InChI=1S/C23H27Cl2N3O2/c1-23(2,28-10-8-15(9-11-28)22(29)30)17-6-7-20(26-12-17)16-13-27(14-16)21-18(24)4-3-5-19(21)25/h3-7,12,15-16H,8-11,13-14H2,1-2H3,(H,29,30). The SMILES string of the molecule is CC(C)(c1ccc(C2CN(c3c(Cl)cccc3Cl)C2)nc1)N1CCC(C(=O)O)CC1. The number of pyridine rings is 1. The second-order valence-corrected chi connectivity index (χ2v) is 9.62. The number of carbonyl (C=O) groups is 1. The Labute approximate surface area is 187 Å². The number of rotatable bonds is 5. The Kier molecular flexibility index (Phi) is 5.97. The first-order chi connectivity index (χ1) is 14.3. The second-order valence-electron chi connectivity index (χ2n) is 8.80. The molecule has 2 aliphatic heterocycles. The van der Waals surface area contributed by atoms with Crippen molar-refractivity contribution in [3.8, 4) is 0 Å². The fourth-order valence-corrected chi connectivity index (χ4v) is 5.15. The van der Waals surface area contributed by atoms with Crippen LogP contribution in [-0.4, -0.2) is 47.1 Å². The van der Waals surface area contributed by atoms with Crippen LogP contribution in [0.4, 0.5) is 5.69 Å². The lowest BCUT2D eigenvalue weighted by molar-refractivity contribution is -0.143. The summed E-state index contributed by atoms with van der Waals surface area (Å²) in [5.74, 6) is -0.530. The van der Waals surface area contributed by atoms with E-state index < -0.39 is 5.97 Å². The lowest BCUT2D eigenvalue weighted by Crippen LogP contribution is -2.47. The molecule has 30 heavy (non-hydrogen) atoms. The summed E-state index contributed by atoms with van der Waals surface area (Å²) in [6.07, 6.45) is 3.38. The summed E-state index contributed by atoms with van der Waals surface area (Å²) >= 11 is 12.6. The summed E-state index contributed by atoms with van der Waals surface area (Å²) < 4.78 is 0. The predicted octanol–water partition coefficient (Wildman–Crippen LogP) is 5.02. The molecule has 5 nitrogen and oxygen atoms in total. The van der Waals surface area contributed by atoms with Gasteiger partial charge in [0, 0.05) is 36.4 Å². The Morgan fingerprint density at radius 2 is 1.73 bits per heavy atom. The zero-order chi connectivity index (χ0) is 21.5. The number of likely N-dealkylation sites (tertiary alicyclic amines) is 1. The molecule has 0 radical (unpaired) electrons. The maximum atomic E-state index is 11.2. The molecule has 0 atom stereocenters. The Morgan fingerprint density at radius 3 is 2.27 bits per heavy atom. The van der Waals surface area contributed by atoms with Crippen LogP contribution in [-0.2, 0) is 10.3 Å². The smallest absolute Gasteiger partial charge is 0.306 e. The molecule has 1 N–H and O–H groups in total. The van der Waals surface area contributed by atoms with Gasteiger partial charge in [0.25, 0.3) is 0 Å². The van der Waals surface area contributed by atoms with Crippen LogP contribution >= 0.6 is 23.2 Å². The fourth-order valence-electron chi connectivity index (χ4n) is 4.52. The van der Waals surface area contributed by atoms with Crippen molar-refractivity contribution in [2.24, 2.45) is 5.92 Å². The van der Waals surface area contributed by atoms with E-state index >= 15 is 0 Å². The first-order valence-electron chi connectivity index (χ1n) is 10.4. The maximum absolute atomic E-state index is 11.2. The molecule has 0 unspecified atom stereocenters. The largest absolute Gasteiger partial charge is 0.481 e. The average molecular weight is 448 g/mol. The molecule has 0 spiro atoms. The number of aromatic nitrogens is 1. The number of para-hydroxylation sites is 1. The van der Waals surface area contributed by atoms with E-state index in [1.54, 1.807) is 0 Å². The molecule has 2 aromatic rings. The minimum absolute atomic E-state index is 0.175. The van der Waals surface area contributed by atoms with Gasteiger partial charge in [-0.25, -0.2) is 0 Å². The molecule has 2 fully saturated rings. The number of piperidine rings is 1. The van der Waals surface area contributed by atoms with Gasteiger partial charge in [-0.2, -0.15) is 0 Å². The summed E-state index contributed by atoms with van der Waals surface area (Å²) in [6, 6.07) is 9.88. The topological polar surface area (TPSA) is 56.7 Å². The van der Waals surface area contributed by atoms with Gasteiger partial charge in [-0.3, -0.25) is 14.7 Å². The van der Waals surface area contributed by atoms with Gasteiger partial charge in [-0.1, -0.05) is 35.3 Å². The molecule has 0 amide bonds. The number of nitrogens with zero attached hydrogens (tertiary/aromatic N) is 3. The number of aliphatic carboxylic acids is 1. The molecule has 160 valence electrons. The number of hydrogen-bond donors (Lipinski definition) is 1. The molecule has 7 heteroatoms. The number of carboxylic acid groups (broad SMARTS) is 1. The van der Waals surface area contributed by atoms with E-state index in [1.807, 2.05) is 24.4 Å². The van der Waals surface area contributed by atoms with Gasteiger partial charge in [0.05, 0.1) is 21.7 Å². The molecule has 0 bridgehead atoms. The molecule has 0 aliphatic carbocycles. The molecular formula is C23H27Cl2N3O2. The Morgan fingerprint density at radius 1 is 1.10 bits per heavy atom. The minimum atomic E-state index is -0.675. The Balaban J connectivity index is 1.39. The van der Waals surface area contributed by atoms with Crippen molar-refractivity contribution < 1.29 is 9.90 Å². The van der Waals surface area contributed by atoms with Gasteiger partial charge in [0.15, 0.2) is 0 Å². The van der Waals surface area contributed by atoms with Crippen molar-refractivity contribution in [1.29, 1.82) is 0 Å². The van der Waals surface area contributed by atoms with Crippen LogP contribution in [0.3, 0.4) is 0 Å². The van der Waals surface area contributed by atoms with Crippen LogP contribution in [0.15, 0.2) is 36.5 Å². The molecule has 4 rings (SSSR count). The van der Waals surface area contributed by atoms with E-state index in [0.29, 0.717) is 28.8 Å². The number of anilines is 1. The van der Waals surface area contributed by atoms with E-state index in [9.17, 15) is 9.90 Å². The highest BCUT2D eigenvalue weighted by Crippen LogP contribution is 2.40. The lowest BCUT2D eigenvalue weighted by Gasteiger charge is -2.43. The van der Waals surface area contributed by atoms with E-state index in [1.165, 1.54) is 0 Å². The van der Waals surface area contributed by atoms with Crippen LogP contribution < -0.4 is 4.90 Å². The normalized spacial score (nSPS) is 19.0. The number of carboxylic acids is 1. The average Bonchev–Trinajstić information content (AvgIpc) is 2.69. The number of hydrogen-bond acceptors (Lipinski definition) is 4. The highest BCUT2D eigenvalue weighted by molar-refractivity contribution is 6.39. The van der Waals surface area contributed by atoms with Crippen molar-refractivity contribution >= 4 is 34.9 Å². The molecule has 3 heterocycles. The summed E-state index contributed by atoms with van der Waals surface area (Å²) in [6.45, 7) is 7.66. The fraction of sp³-hybridized carbons (Fsp3) is 0.478. The van der Waals surface area contributed by atoms with E-state index in [4.69, 9.17) is 28.2 Å². The van der Waals surface area contributed by atoms with Gasteiger partial charge in [0.2, 0.25) is 0 Å². The summed E-state index contributed by atoms with van der Waals surface area (Å²) in [5.41, 5.74) is 2.97. The van der Waals surface area contributed by atoms with Crippen LogP contribution in [0.5, 0.6) is 0 Å². The maximum Gasteiger partial charge on any atom is 0.306 e. The third-order valence-electron chi connectivity index (χ3n) is 6.68. The Bertz CT molecular complexity index is 898. The van der Waals surface area contributed by atoms with Crippen LogP contribution in [0, 0.1) is 5.92 Å². The van der Waals surface area contributed by atoms with Crippen molar-refractivity contribution in [3.63, 3.8) is 0 Å². The molecule has 2 aliphatic rings. The van der Waals surface area contributed by atoms with Crippen molar-refractivity contribution in [2.75, 3.05) is 31.1 Å². The molecule has 1 aromatic carbocycles. The van der Waals surface area contributed by atoms with E-state index in [2.05, 4.69) is 35.8 Å². The highest BCUT2D eigenvalue weighted by Gasteiger charge is 2.35. The predicted molar refractivity (Wildman–Crippen MR) is 121 cm³/mol. The molecule has 1 aromatic heterocycles. The quantitative estimate of drug-likeness (QED) is 0.696. The monoisotopic (exact) mass is 447 g/mol. The molecular weight excluding hydrogens is 421 g/mol. The third-order valence-corrected chi connectivity index (χ3v) is 7.29. The lowest BCUT2D eigenvalue weighted by atomic mass is 9.87. The first-order valence-corrected chi connectivity index (χ1v) is 11.2. The van der Waals surface area contributed by atoms with Crippen molar-refractivity contribution in [2.45, 2.75) is 38.1 Å². The minimum Gasteiger partial charge on any atom is -0.481 e. The van der Waals surface area contributed by atoms with Crippen molar-refractivity contribution in [1.82, 2.24) is 9.88 Å². The number of halogens is 2. The summed E-state index contributed by atoms with van der Waals surface area (Å²) in [7, 11) is 0. The highest BCUT2D eigenvalue weighted by atomic mass is 35.5. The second kappa shape index (κ2) is 8.37. The van der Waals surface area contributed by atoms with Crippen LogP contribution in [0.1, 0.15) is 43.9 Å². The van der Waals surface area contributed by atoms with Gasteiger partial charge in [-0.15, -0.1) is 0 Å². The van der Waals surface area contributed by atoms with Gasteiger partial charge in [-0.05, 0) is 63.5 Å². The molecule has 2 saturated heterocycles. The zero-order valence-corrected chi connectivity index (χ0v) is 18.8. The van der Waals surface area contributed by atoms with Gasteiger partial charge in [0.1, 0.15) is 0 Å². The number of benzene rings is 1. The van der Waals surface area contributed by atoms with E-state index in [-0.39, 0.29) is 11.5 Å². The Hall–Kier alpha value is -1.82. The zero-order valence-electron chi connectivity index (χ0n) is 17.3. The van der Waals surface area contributed by atoms with Crippen molar-refractivity contribution in [3.05, 3.63) is 57.8 Å². The van der Waals surface area contributed by atoms with E-state index in [0.717, 1.165) is 43.1 Å². The van der Waals surface area contributed by atoms with Gasteiger partial charge >= 0.3 is 5.97 Å². The van der Waals surface area contributed by atoms with Gasteiger partial charge < -0.3 is 10.0 Å². The first kappa shape index (κ1) is 21.4. The third kappa shape index (κ3) is 4.03. The van der Waals surface area contributed by atoms with Crippen LogP contribution in [0.2, 0.25) is 10.0 Å². The molecule has 0 saturated carbocycles.